The molecule has 212 valence electrons. The second kappa shape index (κ2) is 12.2. The molecule has 2 atom stereocenters. The molecule has 3 aromatic carbocycles. The van der Waals surface area contributed by atoms with Crippen molar-refractivity contribution in [1.29, 1.82) is 0 Å². The Morgan fingerprint density at radius 1 is 1.12 bits per heavy atom. The number of morpholine rings is 1. The van der Waals surface area contributed by atoms with Crippen LogP contribution in [0.15, 0.2) is 65.0 Å². The highest BCUT2D eigenvalue weighted by atomic mass is 32.2. The molecule has 4 aromatic rings. The Hall–Kier alpha value is -4.00. The van der Waals surface area contributed by atoms with E-state index in [-0.39, 0.29) is 29.7 Å². The number of carbonyl (C=O) groups excluding carboxylic acids is 2. The molecule has 0 radical (unpaired) electrons. The van der Waals surface area contributed by atoms with Crippen molar-refractivity contribution in [3.8, 4) is 5.75 Å². The number of benzene rings is 3. The normalized spacial score (nSPS) is 16.9. The van der Waals surface area contributed by atoms with Crippen LogP contribution < -0.4 is 10.1 Å². The third-order valence-corrected chi connectivity index (χ3v) is 8.77. The largest absolute Gasteiger partial charge is 0.496 e. The zero-order chi connectivity index (χ0) is 29.1. The number of nitro benzene ring substituents is 1. The number of carbonyl (C=O) groups is 2. The Bertz CT molecular complexity index is 1610. The fraction of sp³-hybridized carbons (Fsp3) is 0.276. The monoisotopic (exact) mass is 592 g/mol. The van der Waals surface area contributed by atoms with Gasteiger partial charge in [-0.25, -0.2) is 4.98 Å². The fourth-order valence-electron chi connectivity index (χ4n) is 4.75. The molecule has 10 nitrogen and oxygen atoms in total. The van der Waals surface area contributed by atoms with E-state index in [9.17, 15) is 19.7 Å². The van der Waals surface area contributed by atoms with Crippen molar-refractivity contribution in [3.05, 3.63) is 87.5 Å². The predicted molar refractivity (Wildman–Crippen MR) is 159 cm³/mol. The molecule has 1 saturated heterocycles. The van der Waals surface area contributed by atoms with E-state index in [0.29, 0.717) is 47.0 Å². The van der Waals surface area contributed by atoms with Gasteiger partial charge in [0.1, 0.15) is 5.75 Å². The summed E-state index contributed by atoms with van der Waals surface area (Å²) in [6.07, 6.45) is -0.155. The zero-order valence-electron chi connectivity index (χ0n) is 22.7. The molecule has 2 heterocycles. The Balaban J connectivity index is 1.30. The number of rotatable bonds is 8. The van der Waals surface area contributed by atoms with Gasteiger partial charge in [-0.2, -0.15) is 0 Å². The second-order valence-corrected chi connectivity index (χ2v) is 11.9. The number of nitrogens with zero attached hydrogens (tertiary/aromatic N) is 3. The highest BCUT2D eigenvalue weighted by Crippen LogP contribution is 2.35. The van der Waals surface area contributed by atoms with E-state index < -0.39 is 4.92 Å². The number of anilines is 1. The predicted octanol–water partition coefficient (Wildman–Crippen LogP) is 6.01. The van der Waals surface area contributed by atoms with Gasteiger partial charge in [0.15, 0.2) is 4.34 Å². The lowest BCUT2D eigenvalue weighted by Crippen LogP contribution is -2.48. The van der Waals surface area contributed by atoms with Gasteiger partial charge in [-0.15, -0.1) is 11.3 Å². The highest BCUT2D eigenvalue weighted by molar-refractivity contribution is 8.00. The molecule has 0 aliphatic carbocycles. The van der Waals surface area contributed by atoms with E-state index >= 15 is 0 Å². The van der Waals surface area contributed by atoms with E-state index in [1.807, 2.05) is 26.0 Å². The molecule has 41 heavy (non-hydrogen) atoms. The molecule has 0 saturated carbocycles. The third kappa shape index (κ3) is 6.50. The molecule has 12 heteroatoms. The minimum atomic E-state index is -0.432. The number of hydrogen-bond acceptors (Lipinski definition) is 9. The molecule has 1 fully saturated rings. The van der Waals surface area contributed by atoms with Crippen molar-refractivity contribution in [2.24, 2.45) is 0 Å². The summed E-state index contributed by atoms with van der Waals surface area (Å²) in [6, 6.07) is 16.8. The molecule has 1 N–H and O–H groups in total. The van der Waals surface area contributed by atoms with Crippen LogP contribution in [0.25, 0.3) is 10.2 Å². The van der Waals surface area contributed by atoms with E-state index in [2.05, 4.69) is 10.3 Å². The topological polar surface area (TPSA) is 124 Å². The standard InChI is InChI=1S/C29H28N4O6S2/c1-17-14-32(15-18(2)39-17)28(35)23-7-5-4-6-22(23)27(34)30-20-8-10-24-26(13-20)41-29(31-24)40-16-19-12-21(33(36)37)9-11-25(19)38-3/h4-13,17-18H,14-16H2,1-3H3,(H,30,34)/t17-,18+. The molecule has 1 aliphatic heterocycles. The third-order valence-electron chi connectivity index (χ3n) is 6.56. The maximum Gasteiger partial charge on any atom is 0.270 e. The first kappa shape index (κ1) is 28.5. The van der Waals surface area contributed by atoms with Crippen molar-refractivity contribution in [1.82, 2.24) is 9.88 Å². The number of ether oxygens (including phenoxy) is 2. The number of nitrogens with one attached hydrogen (secondary N) is 1. The number of hydrogen-bond donors (Lipinski definition) is 1. The van der Waals surface area contributed by atoms with Gasteiger partial charge in [0, 0.05) is 42.2 Å². The maximum absolute atomic E-state index is 13.3. The minimum Gasteiger partial charge on any atom is -0.496 e. The van der Waals surface area contributed by atoms with E-state index in [4.69, 9.17) is 9.47 Å². The number of methoxy groups -OCH3 is 1. The number of amides is 2. The first-order chi connectivity index (χ1) is 19.7. The Kier molecular flexibility index (Phi) is 8.52. The SMILES string of the molecule is COc1ccc([N+](=O)[O-])cc1CSc1nc2ccc(NC(=O)c3ccccc3C(=O)N3C[C@@H](C)O[C@@H](C)C3)cc2s1. The smallest absolute Gasteiger partial charge is 0.270 e. The average Bonchev–Trinajstić information content (AvgIpc) is 3.37. The summed E-state index contributed by atoms with van der Waals surface area (Å²) in [4.78, 5) is 43.8. The van der Waals surface area contributed by atoms with Crippen LogP contribution in [-0.2, 0) is 10.5 Å². The van der Waals surface area contributed by atoms with E-state index in [0.717, 1.165) is 14.6 Å². The molecule has 1 aliphatic rings. The molecule has 2 amide bonds. The van der Waals surface area contributed by atoms with Gasteiger partial charge in [0.2, 0.25) is 0 Å². The quantitative estimate of drug-likeness (QED) is 0.150. The molecule has 0 unspecified atom stereocenters. The van der Waals surface area contributed by atoms with Crippen molar-refractivity contribution < 1.29 is 24.0 Å². The van der Waals surface area contributed by atoms with Crippen LogP contribution in [0.5, 0.6) is 5.75 Å². The average molecular weight is 593 g/mol. The van der Waals surface area contributed by atoms with E-state index in [1.54, 1.807) is 41.3 Å². The zero-order valence-corrected chi connectivity index (χ0v) is 24.3. The minimum absolute atomic E-state index is 0.00317. The Morgan fingerprint density at radius 2 is 1.85 bits per heavy atom. The molecule has 0 bridgehead atoms. The van der Waals surface area contributed by atoms with Gasteiger partial charge in [0.05, 0.1) is 45.6 Å². The summed E-state index contributed by atoms with van der Waals surface area (Å²) in [5.41, 5.74) is 2.71. The summed E-state index contributed by atoms with van der Waals surface area (Å²) in [5.74, 6) is 0.447. The number of non-ortho nitro benzene ring substituents is 1. The number of nitro groups is 1. The second-order valence-electron chi connectivity index (χ2n) is 9.67. The van der Waals surface area contributed by atoms with Crippen LogP contribution in [0.3, 0.4) is 0 Å². The Morgan fingerprint density at radius 3 is 2.56 bits per heavy atom. The summed E-state index contributed by atoms with van der Waals surface area (Å²) in [6.45, 7) is 4.79. The Labute approximate surface area is 244 Å². The highest BCUT2D eigenvalue weighted by Gasteiger charge is 2.29. The van der Waals surface area contributed by atoms with Crippen molar-refractivity contribution in [3.63, 3.8) is 0 Å². The van der Waals surface area contributed by atoms with Crippen LogP contribution in [0.1, 0.15) is 40.1 Å². The van der Waals surface area contributed by atoms with Gasteiger partial charge in [-0.1, -0.05) is 23.9 Å². The first-order valence-electron chi connectivity index (χ1n) is 12.9. The molecule has 5 rings (SSSR count). The molecule has 1 aromatic heterocycles. The van der Waals surface area contributed by atoms with Crippen molar-refractivity contribution >= 4 is 56.5 Å². The summed E-state index contributed by atoms with van der Waals surface area (Å²) in [5, 5.41) is 14.1. The fourth-order valence-corrected chi connectivity index (χ4v) is 6.84. The lowest BCUT2D eigenvalue weighted by Gasteiger charge is -2.35. The van der Waals surface area contributed by atoms with Crippen LogP contribution in [0.2, 0.25) is 0 Å². The number of fused-ring (bicyclic) bond motifs is 1. The van der Waals surface area contributed by atoms with Crippen LogP contribution in [-0.4, -0.2) is 59.0 Å². The van der Waals surface area contributed by atoms with Gasteiger partial charge < -0.3 is 19.7 Å². The molecule has 0 spiro atoms. The number of thioether (sulfide) groups is 1. The number of aromatic nitrogens is 1. The van der Waals surface area contributed by atoms with Gasteiger partial charge in [0.25, 0.3) is 17.5 Å². The molecular formula is C29H28N4O6S2. The van der Waals surface area contributed by atoms with Gasteiger partial charge >= 0.3 is 0 Å². The van der Waals surface area contributed by atoms with E-state index in [1.165, 1.54) is 42.3 Å². The summed E-state index contributed by atoms with van der Waals surface area (Å²) >= 11 is 2.91. The number of thiazole rings is 1. The lowest BCUT2D eigenvalue weighted by atomic mass is 10.0. The van der Waals surface area contributed by atoms with Crippen LogP contribution in [0, 0.1) is 10.1 Å². The van der Waals surface area contributed by atoms with Gasteiger partial charge in [-0.3, -0.25) is 19.7 Å². The maximum atomic E-state index is 13.3. The van der Waals surface area contributed by atoms with Crippen LogP contribution in [0.4, 0.5) is 11.4 Å². The van der Waals surface area contributed by atoms with Crippen LogP contribution >= 0.6 is 23.1 Å². The molecular weight excluding hydrogens is 564 g/mol. The first-order valence-corrected chi connectivity index (χ1v) is 14.7. The van der Waals surface area contributed by atoms with Crippen molar-refractivity contribution in [2.45, 2.75) is 36.1 Å². The van der Waals surface area contributed by atoms with Gasteiger partial charge in [-0.05, 0) is 50.2 Å². The summed E-state index contributed by atoms with van der Waals surface area (Å²) < 4.78 is 12.8. The van der Waals surface area contributed by atoms with Crippen molar-refractivity contribution in [2.75, 3.05) is 25.5 Å². The summed E-state index contributed by atoms with van der Waals surface area (Å²) in [7, 11) is 1.53. The lowest BCUT2D eigenvalue weighted by molar-refractivity contribution is -0.384.